The lowest BCUT2D eigenvalue weighted by Gasteiger charge is -2.09. The molecule has 3 N–H and O–H groups in total. The van der Waals surface area contributed by atoms with Gasteiger partial charge in [0, 0.05) is 30.1 Å². The van der Waals surface area contributed by atoms with Crippen LogP contribution in [-0.4, -0.2) is 30.5 Å². The summed E-state index contributed by atoms with van der Waals surface area (Å²) in [5.41, 5.74) is 2.48. The highest BCUT2D eigenvalue weighted by atomic mass is 16.1. The van der Waals surface area contributed by atoms with Crippen molar-refractivity contribution in [2.45, 2.75) is 25.7 Å². The summed E-state index contributed by atoms with van der Waals surface area (Å²) in [5.74, 6) is 0.796. The molecule has 1 aliphatic rings. The molecule has 112 valence electrons. The van der Waals surface area contributed by atoms with Crippen LogP contribution in [0.3, 0.4) is 0 Å². The van der Waals surface area contributed by atoms with E-state index in [1.54, 1.807) is 0 Å². The Kier molecular flexibility index (Phi) is 4.55. The van der Waals surface area contributed by atoms with Crippen LogP contribution in [0.4, 0.5) is 0 Å². The molecule has 2 aromatic rings. The number of carbonyl (C=O) groups excluding carboxylic acids is 1. The Morgan fingerprint density at radius 1 is 1.33 bits per heavy atom. The molecule has 0 saturated carbocycles. The highest BCUT2D eigenvalue weighted by Crippen LogP contribution is 2.19. The first-order valence-corrected chi connectivity index (χ1v) is 7.85. The molecule has 1 aromatic carbocycles. The quantitative estimate of drug-likeness (QED) is 0.762. The zero-order valence-electron chi connectivity index (χ0n) is 12.3. The standard InChI is InChI=1S/C17H23N3O/c21-17(20-11-13-8-9-18-10-13)7-3-4-14-12-19-16-6-2-1-5-15(14)16/h1-2,5-6,12-13,18-19H,3-4,7-11H2,(H,20,21). The molecular weight excluding hydrogens is 262 g/mol. The van der Waals surface area contributed by atoms with Crippen LogP contribution in [0.2, 0.25) is 0 Å². The Balaban J connectivity index is 1.42. The Hall–Kier alpha value is -1.81. The Labute approximate surface area is 125 Å². The van der Waals surface area contributed by atoms with E-state index in [1.165, 1.54) is 22.9 Å². The number of aromatic amines is 1. The number of aryl methyl sites for hydroxylation is 1. The van der Waals surface area contributed by atoms with Crippen LogP contribution in [0.1, 0.15) is 24.8 Å². The third-order valence-corrected chi connectivity index (χ3v) is 4.28. The molecule has 1 fully saturated rings. The SMILES string of the molecule is O=C(CCCc1c[nH]c2ccccc12)NCC1CCNC1. The number of rotatable bonds is 6. The van der Waals surface area contributed by atoms with Crippen molar-refractivity contribution in [3.8, 4) is 0 Å². The normalized spacial score (nSPS) is 18.2. The summed E-state index contributed by atoms with van der Waals surface area (Å²) in [4.78, 5) is 15.1. The van der Waals surface area contributed by atoms with Gasteiger partial charge in [0.2, 0.25) is 5.91 Å². The third-order valence-electron chi connectivity index (χ3n) is 4.28. The van der Waals surface area contributed by atoms with E-state index >= 15 is 0 Å². The maximum absolute atomic E-state index is 11.9. The van der Waals surface area contributed by atoms with Gasteiger partial charge in [-0.15, -0.1) is 0 Å². The average molecular weight is 285 g/mol. The number of aromatic nitrogens is 1. The van der Waals surface area contributed by atoms with Crippen molar-refractivity contribution in [2.75, 3.05) is 19.6 Å². The van der Waals surface area contributed by atoms with Gasteiger partial charge < -0.3 is 15.6 Å². The molecule has 1 amide bonds. The predicted octanol–water partition coefficient (Wildman–Crippen LogP) is 2.22. The minimum absolute atomic E-state index is 0.182. The fraction of sp³-hybridized carbons (Fsp3) is 0.471. The molecule has 2 heterocycles. The number of nitrogens with one attached hydrogen (secondary N) is 3. The van der Waals surface area contributed by atoms with E-state index in [1.807, 2.05) is 6.07 Å². The zero-order valence-corrected chi connectivity index (χ0v) is 12.3. The van der Waals surface area contributed by atoms with E-state index in [0.29, 0.717) is 12.3 Å². The van der Waals surface area contributed by atoms with Crippen molar-refractivity contribution < 1.29 is 4.79 Å². The van der Waals surface area contributed by atoms with Gasteiger partial charge in [-0.05, 0) is 49.9 Å². The minimum atomic E-state index is 0.182. The van der Waals surface area contributed by atoms with Crippen molar-refractivity contribution in [3.63, 3.8) is 0 Å². The van der Waals surface area contributed by atoms with E-state index in [9.17, 15) is 4.79 Å². The molecule has 3 rings (SSSR count). The second-order valence-electron chi connectivity index (χ2n) is 5.88. The highest BCUT2D eigenvalue weighted by molar-refractivity contribution is 5.83. The van der Waals surface area contributed by atoms with Crippen LogP contribution in [-0.2, 0) is 11.2 Å². The first-order valence-electron chi connectivity index (χ1n) is 7.85. The third kappa shape index (κ3) is 3.64. The van der Waals surface area contributed by atoms with Crippen molar-refractivity contribution >= 4 is 16.8 Å². The molecule has 1 saturated heterocycles. The van der Waals surface area contributed by atoms with E-state index in [2.05, 4.69) is 40.0 Å². The molecule has 0 spiro atoms. The minimum Gasteiger partial charge on any atom is -0.361 e. The van der Waals surface area contributed by atoms with Crippen LogP contribution in [0.15, 0.2) is 30.5 Å². The molecule has 1 aliphatic heterocycles. The first kappa shape index (κ1) is 14.1. The molecule has 1 unspecified atom stereocenters. The highest BCUT2D eigenvalue weighted by Gasteiger charge is 2.14. The Morgan fingerprint density at radius 3 is 3.10 bits per heavy atom. The van der Waals surface area contributed by atoms with Gasteiger partial charge in [0.15, 0.2) is 0 Å². The molecule has 1 atom stereocenters. The van der Waals surface area contributed by atoms with Crippen LogP contribution in [0, 0.1) is 5.92 Å². The van der Waals surface area contributed by atoms with Crippen molar-refractivity contribution in [1.29, 1.82) is 0 Å². The molecule has 4 heteroatoms. The average Bonchev–Trinajstić information content (AvgIpc) is 3.15. The lowest BCUT2D eigenvalue weighted by atomic mass is 10.1. The maximum atomic E-state index is 11.9. The smallest absolute Gasteiger partial charge is 0.220 e. The van der Waals surface area contributed by atoms with E-state index in [4.69, 9.17) is 0 Å². The van der Waals surface area contributed by atoms with Crippen LogP contribution in [0.5, 0.6) is 0 Å². The second-order valence-corrected chi connectivity index (χ2v) is 5.88. The lowest BCUT2D eigenvalue weighted by Crippen LogP contribution is -2.30. The molecule has 0 aliphatic carbocycles. The van der Waals surface area contributed by atoms with Crippen molar-refractivity contribution in [2.24, 2.45) is 5.92 Å². The number of carbonyl (C=O) groups is 1. The zero-order chi connectivity index (χ0) is 14.5. The second kappa shape index (κ2) is 6.76. The summed E-state index contributed by atoms with van der Waals surface area (Å²) in [6.45, 7) is 2.94. The van der Waals surface area contributed by atoms with Gasteiger partial charge in [-0.3, -0.25) is 4.79 Å². The Bertz CT molecular complexity index is 599. The Morgan fingerprint density at radius 2 is 2.24 bits per heavy atom. The number of fused-ring (bicyclic) bond motifs is 1. The summed E-state index contributed by atoms with van der Waals surface area (Å²) in [6.07, 6.45) is 5.70. The predicted molar refractivity (Wildman–Crippen MR) is 85.2 cm³/mol. The van der Waals surface area contributed by atoms with Gasteiger partial charge in [0.25, 0.3) is 0 Å². The molecule has 4 nitrogen and oxygen atoms in total. The molecule has 1 aromatic heterocycles. The van der Waals surface area contributed by atoms with Crippen molar-refractivity contribution in [1.82, 2.24) is 15.6 Å². The largest absolute Gasteiger partial charge is 0.361 e. The molecule has 0 radical (unpaired) electrons. The van der Waals surface area contributed by atoms with Crippen LogP contribution in [0.25, 0.3) is 10.9 Å². The van der Waals surface area contributed by atoms with Gasteiger partial charge in [0.05, 0.1) is 0 Å². The summed E-state index contributed by atoms with van der Waals surface area (Å²) in [5, 5.41) is 7.65. The number of para-hydroxylation sites is 1. The fourth-order valence-electron chi connectivity index (χ4n) is 3.01. The monoisotopic (exact) mass is 285 g/mol. The van der Waals surface area contributed by atoms with Gasteiger partial charge >= 0.3 is 0 Å². The maximum Gasteiger partial charge on any atom is 0.220 e. The van der Waals surface area contributed by atoms with Gasteiger partial charge in [-0.25, -0.2) is 0 Å². The van der Waals surface area contributed by atoms with Gasteiger partial charge in [-0.1, -0.05) is 18.2 Å². The van der Waals surface area contributed by atoms with Crippen LogP contribution < -0.4 is 10.6 Å². The van der Waals surface area contributed by atoms with E-state index in [-0.39, 0.29) is 5.91 Å². The summed E-state index contributed by atoms with van der Waals surface area (Å²) < 4.78 is 0. The van der Waals surface area contributed by atoms with E-state index < -0.39 is 0 Å². The summed E-state index contributed by atoms with van der Waals surface area (Å²) in [7, 11) is 0. The van der Waals surface area contributed by atoms with Crippen molar-refractivity contribution in [3.05, 3.63) is 36.0 Å². The van der Waals surface area contributed by atoms with E-state index in [0.717, 1.165) is 32.5 Å². The fourth-order valence-corrected chi connectivity index (χ4v) is 3.01. The number of hydrogen-bond donors (Lipinski definition) is 3. The molecule has 21 heavy (non-hydrogen) atoms. The summed E-state index contributed by atoms with van der Waals surface area (Å²) in [6, 6.07) is 8.31. The first-order chi connectivity index (χ1) is 10.3. The topological polar surface area (TPSA) is 56.9 Å². The van der Waals surface area contributed by atoms with Gasteiger partial charge in [0.1, 0.15) is 0 Å². The lowest BCUT2D eigenvalue weighted by molar-refractivity contribution is -0.121. The molecular formula is C17H23N3O. The number of hydrogen-bond acceptors (Lipinski definition) is 2. The number of amides is 1. The number of benzene rings is 1. The van der Waals surface area contributed by atoms with Crippen LogP contribution >= 0.6 is 0 Å². The van der Waals surface area contributed by atoms with Gasteiger partial charge in [-0.2, -0.15) is 0 Å². The summed E-state index contributed by atoms with van der Waals surface area (Å²) >= 11 is 0. The number of H-pyrrole nitrogens is 1. The molecule has 0 bridgehead atoms.